The Morgan fingerprint density at radius 3 is 1.43 bits per heavy atom. The lowest BCUT2D eigenvalue weighted by Crippen LogP contribution is -2.33. The first kappa shape index (κ1) is 61.1. The molecule has 0 radical (unpaired) electrons. The first-order chi connectivity index (χ1) is 48.5. The standard InChI is InChI=1S/C92H74N4O2/c1-3-65-25-29-67(30-26-65)61-97-63-69-33-37-73(38-34-69)75-45-53-89-85(57-75)87-59-83(51-55-91(87)95(89)79-21-13-7-14-22-79)93(77-17-9-5-10-18-77)81-47-41-71(42-48-81)72-43-49-82(50-44-72)94(78-19-11-6-12-20-78)84-52-56-92-88(60-84)86-58-76(46-54-90(86)96(92)80-23-15-8-16-24-80)74-39-35-70(36-40-74)64-98-62-68-31-27-66(4-2)28-32-68/h3-35,37-58,60,70,83H,1-2,36,59,61-64H2. The summed E-state index contributed by atoms with van der Waals surface area (Å²) in [4.78, 5) is 4.89. The van der Waals surface area contributed by atoms with Crippen LogP contribution in [0.3, 0.4) is 0 Å². The molecule has 98 heavy (non-hydrogen) atoms. The van der Waals surface area contributed by atoms with E-state index in [9.17, 15) is 0 Å². The Labute approximate surface area is 574 Å². The molecule has 16 rings (SSSR count). The molecule has 0 spiro atoms. The highest BCUT2D eigenvalue weighted by molar-refractivity contribution is 6.12. The topological polar surface area (TPSA) is 34.8 Å². The van der Waals surface area contributed by atoms with E-state index < -0.39 is 0 Å². The molecule has 2 atom stereocenters. The van der Waals surface area contributed by atoms with Crippen LogP contribution in [0.25, 0.3) is 90.1 Å². The van der Waals surface area contributed by atoms with Gasteiger partial charge in [-0.2, -0.15) is 0 Å². The lowest BCUT2D eigenvalue weighted by Gasteiger charge is -2.34. The van der Waals surface area contributed by atoms with Gasteiger partial charge in [-0.1, -0.05) is 232 Å². The van der Waals surface area contributed by atoms with Gasteiger partial charge in [0.25, 0.3) is 0 Å². The molecule has 2 unspecified atom stereocenters. The van der Waals surface area contributed by atoms with Crippen molar-refractivity contribution in [3.05, 3.63) is 379 Å². The van der Waals surface area contributed by atoms with E-state index in [2.05, 4.69) is 360 Å². The summed E-state index contributed by atoms with van der Waals surface area (Å²) in [6.45, 7) is 10.1. The number of para-hydroxylation sites is 4. The van der Waals surface area contributed by atoms with Gasteiger partial charge in [0.15, 0.2) is 0 Å². The molecular weight excluding hydrogens is 1190 g/mol. The van der Waals surface area contributed by atoms with Gasteiger partial charge in [0.2, 0.25) is 0 Å². The van der Waals surface area contributed by atoms with Crippen molar-refractivity contribution in [1.82, 2.24) is 9.13 Å². The molecule has 6 heteroatoms. The quantitative estimate of drug-likeness (QED) is 0.0718. The minimum atomic E-state index is 0.0385. The summed E-state index contributed by atoms with van der Waals surface area (Å²) < 4.78 is 17.2. The van der Waals surface area contributed by atoms with Crippen molar-refractivity contribution in [1.29, 1.82) is 0 Å². The maximum absolute atomic E-state index is 6.22. The maximum Gasteiger partial charge on any atom is 0.0721 e. The molecule has 0 saturated heterocycles. The third-order valence-electron chi connectivity index (χ3n) is 19.4. The van der Waals surface area contributed by atoms with E-state index in [-0.39, 0.29) is 6.04 Å². The van der Waals surface area contributed by atoms with E-state index in [0.717, 1.165) is 91.6 Å². The summed E-state index contributed by atoms with van der Waals surface area (Å²) in [5, 5.41) is 3.66. The van der Waals surface area contributed by atoms with Gasteiger partial charge in [0.05, 0.1) is 49.0 Å². The zero-order valence-corrected chi connectivity index (χ0v) is 54.7. The SMILES string of the molecule is C=Cc1ccc(COCc2ccc(-c3ccc4c(c3)c3c(n4-c4ccccc4)C=CC(N(c4ccccc4)c4ccc(-c5ccc(N(c6ccccc6)c6ccc7c(c6)c6cc(C8=CCC(COCc9ccc(C=C)cc9)C=C8)ccc6n7-c6ccccc6)cc5)cc4)C3)cc2)cc1. The zero-order chi connectivity index (χ0) is 65.7. The van der Waals surface area contributed by atoms with Gasteiger partial charge in [-0.15, -0.1) is 0 Å². The third kappa shape index (κ3) is 12.5. The largest absolute Gasteiger partial charge is 0.376 e. The number of aromatic nitrogens is 2. The summed E-state index contributed by atoms with van der Waals surface area (Å²) in [5.41, 5.74) is 26.7. The van der Waals surface area contributed by atoms with Crippen molar-refractivity contribution in [2.24, 2.45) is 5.92 Å². The van der Waals surface area contributed by atoms with Crippen LogP contribution in [-0.4, -0.2) is 21.8 Å². The lowest BCUT2D eigenvalue weighted by molar-refractivity contribution is 0.1000. The number of nitrogens with zero attached hydrogens (tertiary/aromatic N) is 4. The molecule has 0 bridgehead atoms. The molecule has 12 aromatic carbocycles. The van der Waals surface area contributed by atoms with Crippen LogP contribution in [-0.2, 0) is 35.7 Å². The van der Waals surface area contributed by atoms with Gasteiger partial charge in [0, 0.05) is 67.6 Å². The van der Waals surface area contributed by atoms with Crippen molar-refractivity contribution in [3.8, 4) is 33.6 Å². The molecule has 0 amide bonds. The van der Waals surface area contributed by atoms with Crippen molar-refractivity contribution in [2.75, 3.05) is 16.4 Å². The van der Waals surface area contributed by atoms with Gasteiger partial charge in [-0.05, 0) is 201 Å². The number of ether oxygens (including phenoxy) is 2. The first-order valence-corrected chi connectivity index (χ1v) is 34.0. The molecule has 6 nitrogen and oxygen atoms in total. The second-order valence-electron chi connectivity index (χ2n) is 25.6. The summed E-state index contributed by atoms with van der Waals surface area (Å²) >= 11 is 0. The molecule has 14 aromatic rings. The minimum Gasteiger partial charge on any atom is -0.376 e. The monoisotopic (exact) mass is 1270 g/mol. The Balaban J connectivity index is 0.673. The van der Waals surface area contributed by atoms with Crippen LogP contribution in [0.15, 0.2) is 335 Å². The summed E-state index contributed by atoms with van der Waals surface area (Å²) in [6, 6.07) is 108. The molecule has 0 fully saturated rings. The smallest absolute Gasteiger partial charge is 0.0721 e. The molecule has 0 aliphatic heterocycles. The Morgan fingerprint density at radius 2 is 0.837 bits per heavy atom. The predicted molar refractivity (Wildman–Crippen MR) is 411 cm³/mol. The van der Waals surface area contributed by atoms with Crippen molar-refractivity contribution in [3.63, 3.8) is 0 Å². The van der Waals surface area contributed by atoms with Crippen LogP contribution in [0.5, 0.6) is 0 Å². The van der Waals surface area contributed by atoms with Crippen LogP contribution in [0.1, 0.15) is 51.1 Å². The van der Waals surface area contributed by atoms with Gasteiger partial charge < -0.3 is 28.4 Å². The van der Waals surface area contributed by atoms with Crippen molar-refractivity contribution < 1.29 is 9.47 Å². The van der Waals surface area contributed by atoms with Crippen LogP contribution >= 0.6 is 0 Å². The number of benzene rings is 12. The average molecular weight is 1270 g/mol. The Bertz CT molecular complexity index is 5260. The second-order valence-corrected chi connectivity index (χ2v) is 25.6. The van der Waals surface area contributed by atoms with E-state index >= 15 is 0 Å². The van der Waals surface area contributed by atoms with E-state index in [4.69, 9.17) is 9.47 Å². The zero-order valence-electron chi connectivity index (χ0n) is 54.7. The number of allylic oxidation sites excluding steroid dienone is 3. The van der Waals surface area contributed by atoms with Crippen LogP contribution in [0, 0.1) is 5.92 Å². The number of rotatable bonds is 21. The second kappa shape index (κ2) is 27.5. The fourth-order valence-electron chi connectivity index (χ4n) is 14.3. The molecular formula is C92H74N4O2. The van der Waals surface area contributed by atoms with Crippen LogP contribution in [0.2, 0.25) is 0 Å². The van der Waals surface area contributed by atoms with E-state index in [1.165, 1.54) is 66.3 Å². The van der Waals surface area contributed by atoms with Crippen LogP contribution < -0.4 is 9.80 Å². The summed E-state index contributed by atoms with van der Waals surface area (Å²) in [5.74, 6) is 0.321. The fourth-order valence-corrected chi connectivity index (χ4v) is 14.3. The van der Waals surface area contributed by atoms with Gasteiger partial charge in [-0.3, -0.25) is 0 Å². The minimum absolute atomic E-state index is 0.0385. The summed E-state index contributed by atoms with van der Waals surface area (Å²) in [6.07, 6.45) is 17.2. The fraction of sp³-hybridized carbons (Fsp3) is 0.0870. The molecule has 2 aromatic heterocycles. The highest BCUT2D eigenvalue weighted by Gasteiger charge is 2.29. The number of fused-ring (bicyclic) bond motifs is 6. The Kier molecular flexibility index (Phi) is 17.1. The summed E-state index contributed by atoms with van der Waals surface area (Å²) in [7, 11) is 0. The van der Waals surface area contributed by atoms with Crippen LogP contribution in [0.4, 0.5) is 28.4 Å². The van der Waals surface area contributed by atoms with Crippen molar-refractivity contribution >= 4 is 84.9 Å². The number of hydrogen-bond donors (Lipinski definition) is 0. The van der Waals surface area contributed by atoms with E-state index in [1.807, 2.05) is 12.2 Å². The molecule has 474 valence electrons. The highest BCUT2D eigenvalue weighted by Crippen LogP contribution is 2.44. The predicted octanol–water partition coefficient (Wildman–Crippen LogP) is 23.5. The molecule has 2 aliphatic rings. The Hall–Kier alpha value is -11.8. The van der Waals surface area contributed by atoms with Gasteiger partial charge in [0.1, 0.15) is 0 Å². The van der Waals surface area contributed by atoms with Crippen molar-refractivity contribution in [2.45, 2.75) is 38.7 Å². The van der Waals surface area contributed by atoms with Gasteiger partial charge >= 0.3 is 0 Å². The molecule has 2 aliphatic carbocycles. The Morgan fingerprint density at radius 1 is 0.388 bits per heavy atom. The van der Waals surface area contributed by atoms with Gasteiger partial charge in [-0.25, -0.2) is 0 Å². The molecule has 0 N–H and O–H groups in total. The average Bonchev–Trinajstić information content (AvgIpc) is 1.47. The van der Waals surface area contributed by atoms with E-state index in [1.54, 1.807) is 0 Å². The lowest BCUT2D eigenvalue weighted by atomic mass is 9.93. The normalized spacial score (nSPS) is 14.1. The first-order valence-electron chi connectivity index (χ1n) is 34.0. The molecule has 2 heterocycles. The highest BCUT2D eigenvalue weighted by atomic mass is 16.5. The molecule has 0 saturated carbocycles. The number of anilines is 5. The maximum atomic E-state index is 6.22. The third-order valence-corrected chi connectivity index (χ3v) is 19.4. The van der Waals surface area contributed by atoms with E-state index in [0.29, 0.717) is 32.3 Å². The number of hydrogen-bond acceptors (Lipinski definition) is 4.